The molecule has 2 atom stereocenters. The van der Waals surface area contributed by atoms with E-state index in [4.69, 9.17) is 18.9 Å². The zero-order chi connectivity index (χ0) is 24.8. The molecule has 8 nitrogen and oxygen atoms in total. The molecule has 0 radical (unpaired) electrons. The lowest BCUT2D eigenvalue weighted by molar-refractivity contribution is 0.215. The summed E-state index contributed by atoms with van der Waals surface area (Å²) in [5.41, 5.74) is 4.21. The number of halogens is 1. The first kappa shape index (κ1) is 22.0. The fraction of sp³-hybridized carbons (Fsp3) is 0.185. The minimum Gasteiger partial charge on any atom is -0.493 e. The number of methoxy groups -OCH3 is 3. The molecule has 2 aliphatic heterocycles. The molecule has 36 heavy (non-hydrogen) atoms. The molecular weight excluding hydrogens is 463 g/mol. The van der Waals surface area contributed by atoms with Gasteiger partial charge < -0.3 is 24.3 Å². The summed E-state index contributed by atoms with van der Waals surface area (Å²) in [6, 6.07) is 17.5. The number of nitrogens with zero attached hydrogens (tertiary/aromatic N) is 3. The van der Waals surface area contributed by atoms with Gasteiger partial charge in [-0.2, -0.15) is 10.1 Å². The van der Waals surface area contributed by atoms with Crippen molar-refractivity contribution in [2.75, 3.05) is 26.6 Å². The molecule has 182 valence electrons. The van der Waals surface area contributed by atoms with Gasteiger partial charge in [0.15, 0.2) is 17.6 Å². The number of ether oxygens (including phenoxy) is 4. The Hall–Kier alpha value is -4.53. The summed E-state index contributed by atoms with van der Waals surface area (Å²) in [4.78, 5) is 4.43. The Bertz CT molecular complexity index is 1480. The third-order valence-electron chi connectivity index (χ3n) is 6.52. The topological polar surface area (TPSA) is 79.7 Å². The molecule has 3 heterocycles. The van der Waals surface area contributed by atoms with Gasteiger partial charge in [-0.05, 0) is 42.0 Å². The number of fused-ring (bicyclic) bond motifs is 3. The van der Waals surface area contributed by atoms with E-state index < -0.39 is 12.1 Å². The number of para-hydroxylation sites is 1. The molecule has 1 aromatic heterocycles. The molecule has 0 aliphatic carbocycles. The number of nitrogens with one attached hydrogen (secondary N) is 1. The average molecular weight is 487 g/mol. The van der Waals surface area contributed by atoms with E-state index in [0.29, 0.717) is 28.9 Å². The number of hydrogen-bond acceptors (Lipinski definition) is 7. The maximum Gasteiger partial charge on any atom is 0.226 e. The van der Waals surface area contributed by atoms with E-state index in [1.165, 1.54) is 18.5 Å². The summed E-state index contributed by atoms with van der Waals surface area (Å²) in [6.45, 7) is 0. The van der Waals surface area contributed by atoms with E-state index in [0.717, 1.165) is 28.0 Å². The van der Waals surface area contributed by atoms with Gasteiger partial charge in [0.1, 0.15) is 23.9 Å². The highest BCUT2D eigenvalue weighted by Gasteiger charge is 2.42. The van der Waals surface area contributed by atoms with Crippen molar-refractivity contribution in [1.29, 1.82) is 0 Å². The zero-order valence-corrected chi connectivity index (χ0v) is 19.9. The summed E-state index contributed by atoms with van der Waals surface area (Å²) in [5, 5.41) is 7.95. The predicted molar refractivity (Wildman–Crippen MR) is 131 cm³/mol. The summed E-state index contributed by atoms with van der Waals surface area (Å²) < 4.78 is 39.3. The Balaban J connectivity index is 1.64. The highest BCUT2D eigenvalue weighted by molar-refractivity contribution is 5.85. The quantitative estimate of drug-likeness (QED) is 0.425. The van der Waals surface area contributed by atoms with Crippen LogP contribution in [0.15, 0.2) is 72.6 Å². The SMILES string of the molecule is COc1ccc(C2Oc3ccccc3C3=C2C(c2ccc(F)cc2)n2ncnc2N3)c(OC)c1OC. The number of hydrogen-bond donors (Lipinski definition) is 1. The molecular formula is C27H23FN4O4. The van der Waals surface area contributed by atoms with Gasteiger partial charge in [0, 0.05) is 16.7 Å². The van der Waals surface area contributed by atoms with Gasteiger partial charge in [-0.25, -0.2) is 9.07 Å². The van der Waals surface area contributed by atoms with Crippen LogP contribution in [0, 0.1) is 5.82 Å². The van der Waals surface area contributed by atoms with Gasteiger partial charge in [0.2, 0.25) is 11.7 Å². The minimum absolute atomic E-state index is 0.316. The Kier molecular flexibility index (Phi) is 5.25. The third kappa shape index (κ3) is 3.27. The van der Waals surface area contributed by atoms with Crippen LogP contribution in [0.1, 0.15) is 28.8 Å². The molecule has 2 aliphatic rings. The van der Waals surface area contributed by atoms with Crippen molar-refractivity contribution in [2.45, 2.75) is 12.1 Å². The van der Waals surface area contributed by atoms with E-state index in [1.807, 2.05) is 36.4 Å². The van der Waals surface area contributed by atoms with Gasteiger partial charge in [0.25, 0.3) is 0 Å². The van der Waals surface area contributed by atoms with Gasteiger partial charge in [-0.3, -0.25) is 0 Å². The Morgan fingerprint density at radius 3 is 2.44 bits per heavy atom. The van der Waals surface area contributed by atoms with E-state index >= 15 is 0 Å². The monoisotopic (exact) mass is 486 g/mol. The smallest absolute Gasteiger partial charge is 0.226 e. The molecule has 9 heteroatoms. The lowest BCUT2D eigenvalue weighted by Gasteiger charge is -2.39. The Labute approximate surface area is 206 Å². The van der Waals surface area contributed by atoms with Crippen LogP contribution in [0.4, 0.5) is 10.3 Å². The van der Waals surface area contributed by atoms with Crippen LogP contribution in [-0.2, 0) is 0 Å². The fourth-order valence-electron chi connectivity index (χ4n) is 4.97. The van der Waals surface area contributed by atoms with Crippen molar-refractivity contribution >= 4 is 11.6 Å². The molecule has 0 saturated heterocycles. The second kappa shape index (κ2) is 8.60. The van der Waals surface area contributed by atoms with Crippen molar-refractivity contribution in [1.82, 2.24) is 14.8 Å². The van der Waals surface area contributed by atoms with Crippen molar-refractivity contribution in [3.63, 3.8) is 0 Å². The average Bonchev–Trinajstić information content (AvgIpc) is 3.39. The van der Waals surface area contributed by atoms with Crippen molar-refractivity contribution in [3.8, 4) is 23.0 Å². The van der Waals surface area contributed by atoms with Crippen LogP contribution >= 0.6 is 0 Å². The number of benzene rings is 3. The standard InChI is InChI=1S/C27H23FN4O4/c1-33-20-13-12-18(25(34-2)26(20)35-3)24-21-22(17-6-4-5-7-19(17)36-24)31-27-29-14-30-32(27)23(21)15-8-10-16(28)11-9-15/h4-14,23-24H,1-3H3,(H,29,30,31). The first-order valence-corrected chi connectivity index (χ1v) is 11.4. The van der Waals surface area contributed by atoms with E-state index in [2.05, 4.69) is 15.4 Å². The number of rotatable bonds is 5. The maximum atomic E-state index is 13.9. The van der Waals surface area contributed by atoms with Crippen LogP contribution in [0.3, 0.4) is 0 Å². The van der Waals surface area contributed by atoms with Crippen LogP contribution in [0.25, 0.3) is 5.70 Å². The van der Waals surface area contributed by atoms with Crippen molar-refractivity contribution in [2.24, 2.45) is 0 Å². The Morgan fingerprint density at radius 2 is 1.69 bits per heavy atom. The third-order valence-corrected chi connectivity index (χ3v) is 6.52. The lowest BCUT2D eigenvalue weighted by atomic mass is 9.84. The van der Waals surface area contributed by atoms with Crippen molar-refractivity contribution < 1.29 is 23.3 Å². The van der Waals surface area contributed by atoms with Crippen LogP contribution in [0.5, 0.6) is 23.0 Å². The maximum absolute atomic E-state index is 13.9. The molecule has 0 bridgehead atoms. The zero-order valence-electron chi connectivity index (χ0n) is 19.9. The van der Waals surface area contributed by atoms with Gasteiger partial charge >= 0.3 is 0 Å². The van der Waals surface area contributed by atoms with Gasteiger partial charge in [-0.1, -0.05) is 24.3 Å². The normalized spacial score (nSPS) is 17.8. The lowest BCUT2D eigenvalue weighted by Crippen LogP contribution is -2.32. The molecule has 0 fully saturated rings. The molecule has 0 amide bonds. The first-order chi connectivity index (χ1) is 17.6. The van der Waals surface area contributed by atoms with E-state index in [9.17, 15) is 4.39 Å². The van der Waals surface area contributed by atoms with E-state index in [-0.39, 0.29) is 5.82 Å². The molecule has 3 aromatic carbocycles. The molecule has 4 aromatic rings. The predicted octanol–water partition coefficient (Wildman–Crippen LogP) is 5.00. The number of aromatic nitrogens is 3. The second-order valence-corrected chi connectivity index (χ2v) is 8.36. The first-order valence-electron chi connectivity index (χ1n) is 11.4. The second-order valence-electron chi connectivity index (χ2n) is 8.36. The largest absolute Gasteiger partial charge is 0.493 e. The molecule has 6 rings (SSSR count). The van der Waals surface area contributed by atoms with Gasteiger partial charge in [-0.15, -0.1) is 0 Å². The summed E-state index contributed by atoms with van der Waals surface area (Å²) >= 11 is 0. The molecule has 0 saturated carbocycles. The molecule has 1 N–H and O–H groups in total. The highest BCUT2D eigenvalue weighted by Crippen LogP contribution is 2.53. The molecule has 2 unspecified atom stereocenters. The fourth-order valence-corrected chi connectivity index (χ4v) is 4.97. The number of anilines is 1. The van der Waals surface area contributed by atoms with Crippen LogP contribution in [0.2, 0.25) is 0 Å². The highest BCUT2D eigenvalue weighted by atomic mass is 19.1. The Morgan fingerprint density at radius 1 is 0.917 bits per heavy atom. The minimum atomic E-state index is -0.593. The summed E-state index contributed by atoms with van der Waals surface area (Å²) in [7, 11) is 4.73. The van der Waals surface area contributed by atoms with Crippen LogP contribution in [-0.4, -0.2) is 36.1 Å². The van der Waals surface area contributed by atoms with Crippen LogP contribution < -0.4 is 24.3 Å². The van der Waals surface area contributed by atoms with E-state index in [1.54, 1.807) is 38.1 Å². The van der Waals surface area contributed by atoms with Gasteiger partial charge in [0.05, 0.1) is 27.0 Å². The molecule has 0 spiro atoms. The summed E-state index contributed by atoms with van der Waals surface area (Å²) in [6.07, 6.45) is 0.903. The van der Waals surface area contributed by atoms with Crippen molar-refractivity contribution in [3.05, 3.63) is 95.1 Å². The summed E-state index contributed by atoms with van der Waals surface area (Å²) in [5.74, 6) is 2.47.